The van der Waals surface area contributed by atoms with Gasteiger partial charge in [-0.15, -0.1) is 11.3 Å². The lowest BCUT2D eigenvalue weighted by Gasteiger charge is -2.14. The number of thiophene rings is 1. The SMILES string of the molecule is C[C@@H](NC(=O)COc1ccc2c(c1)O/C(=C\c1cccs1)C2=O)C(=O)[O-]. The van der Waals surface area contributed by atoms with Crippen molar-refractivity contribution >= 4 is 35.1 Å². The van der Waals surface area contributed by atoms with E-state index in [1.807, 2.05) is 17.5 Å². The molecule has 1 aromatic heterocycles. The van der Waals surface area contributed by atoms with Crippen molar-refractivity contribution in [3.8, 4) is 11.5 Å². The lowest BCUT2D eigenvalue weighted by Crippen LogP contribution is -2.47. The van der Waals surface area contributed by atoms with E-state index in [0.717, 1.165) is 4.88 Å². The van der Waals surface area contributed by atoms with E-state index in [0.29, 0.717) is 17.1 Å². The number of ketones is 1. The second kappa shape index (κ2) is 7.40. The Kier molecular flexibility index (Phi) is 5.04. The van der Waals surface area contributed by atoms with Crippen LogP contribution in [0, 0.1) is 0 Å². The zero-order valence-electron chi connectivity index (χ0n) is 13.7. The molecule has 0 saturated heterocycles. The van der Waals surface area contributed by atoms with Crippen LogP contribution in [0.5, 0.6) is 11.5 Å². The fourth-order valence-electron chi connectivity index (χ4n) is 2.25. The average Bonchev–Trinajstić information content (AvgIpc) is 3.22. The standard InChI is InChI=1S/C18H15NO6S/c1-10(18(22)23)19-16(20)9-24-11-4-5-13-14(7-11)25-15(17(13)21)8-12-3-2-6-26-12/h2-8,10H,9H2,1H3,(H,19,20)(H,22,23)/p-1/b15-8-/t10-/m1/s1. The van der Waals surface area contributed by atoms with Crippen molar-refractivity contribution in [3.63, 3.8) is 0 Å². The number of Topliss-reactive ketones (excluding diaryl/α,β-unsaturated/α-hetero) is 1. The van der Waals surface area contributed by atoms with Gasteiger partial charge in [-0.25, -0.2) is 0 Å². The predicted octanol–water partition coefficient (Wildman–Crippen LogP) is 0.998. The van der Waals surface area contributed by atoms with Crippen molar-refractivity contribution in [2.45, 2.75) is 13.0 Å². The Balaban J connectivity index is 1.65. The van der Waals surface area contributed by atoms with Gasteiger partial charge in [0.15, 0.2) is 12.4 Å². The van der Waals surface area contributed by atoms with Gasteiger partial charge in [0.1, 0.15) is 11.5 Å². The molecular weight excluding hydrogens is 358 g/mol. The van der Waals surface area contributed by atoms with Gasteiger partial charge in [0.05, 0.1) is 17.6 Å². The summed E-state index contributed by atoms with van der Waals surface area (Å²) in [6.07, 6.45) is 1.67. The molecule has 1 amide bonds. The molecule has 1 aromatic carbocycles. The van der Waals surface area contributed by atoms with Gasteiger partial charge in [0.2, 0.25) is 5.78 Å². The van der Waals surface area contributed by atoms with Gasteiger partial charge in [0, 0.05) is 17.0 Å². The summed E-state index contributed by atoms with van der Waals surface area (Å²) >= 11 is 1.49. The van der Waals surface area contributed by atoms with E-state index in [9.17, 15) is 19.5 Å². The van der Waals surface area contributed by atoms with Crippen LogP contribution in [0.1, 0.15) is 22.2 Å². The Hall–Kier alpha value is -3.13. The van der Waals surface area contributed by atoms with Gasteiger partial charge in [0.25, 0.3) is 5.91 Å². The zero-order chi connectivity index (χ0) is 18.7. The summed E-state index contributed by atoms with van der Waals surface area (Å²) in [5.74, 6) is -1.31. The summed E-state index contributed by atoms with van der Waals surface area (Å²) in [4.78, 5) is 35.4. The maximum Gasteiger partial charge on any atom is 0.258 e. The first-order valence-electron chi connectivity index (χ1n) is 7.69. The molecule has 0 bridgehead atoms. The summed E-state index contributed by atoms with van der Waals surface area (Å²) in [5.41, 5.74) is 0.412. The summed E-state index contributed by atoms with van der Waals surface area (Å²) < 4.78 is 10.9. The van der Waals surface area contributed by atoms with Crippen molar-refractivity contribution in [1.29, 1.82) is 0 Å². The van der Waals surface area contributed by atoms with Crippen LogP contribution in [0.15, 0.2) is 41.5 Å². The molecule has 7 nitrogen and oxygen atoms in total. The topological polar surface area (TPSA) is 105 Å². The van der Waals surface area contributed by atoms with Crippen LogP contribution >= 0.6 is 11.3 Å². The average molecular weight is 372 g/mol. The van der Waals surface area contributed by atoms with Crippen molar-refractivity contribution in [3.05, 3.63) is 51.9 Å². The number of benzene rings is 1. The van der Waals surface area contributed by atoms with Crippen molar-refractivity contribution in [2.75, 3.05) is 6.61 Å². The zero-order valence-corrected chi connectivity index (χ0v) is 14.5. The minimum absolute atomic E-state index is 0.222. The first-order valence-corrected chi connectivity index (χ1v) is 8.57. The molecule has 0 fully saturated rings. The molecule has 1 N–H and O–H groups in total. The van der Waals surface area contributed by atoms with Gasteiger partial charge in [-0.3, -0.25) is 9.59 Å². The second-order valence-electron chi connectivity index (χ2n) is 5.51. The van der Waals surface area contributed by atoms with Gasteiger partial charge < -0.3 is 24.7 Å². The third-order valence-electron chi connectivity index (χ3n) is 3.56. The van der Waals surface area contributed by atoms with Crippen LogP contribution < -0.4 is 19.9 Å². The van der Waals surface area contributed by atoms with E-state index < -0.39 is 17.9 Å². The number of amides is 1. The van der Waals surface area contributed by atoms with Gasteiger partial charge in [-0.05, 0) is 30.5 Å². The smallest absolute Gasteiger partial charge is 0.258 e. The molecule has 1 aliphatic heterocycles. The maximum atomic E-state index is 12.3. The number of carbonyl (C=O) groups excluding carboxylic acids is 3. The Morgan fingerprint density at radius 2 is 2.19 bits per heavy atom. The normalized spacial score (nSPS) is 15.3. The molecule has 0 spiro atoms. The fraction of sp³-hybridized carbons (Fsp3) is 0.167. The third kappa shape index (κ3) is 3.92. The van der Waals surface area contributed by atoms with Gasteiger partial charge in [-0.1, -0.05) is 6.07 Å². The van der Waals surface area contributed by atoms with Crippen LogP contribution in [0.3, 0.4) is 0 Å². The van der Waals surface area contributed by atoms with Crippen LogP contribution in [0.4, 0.5) is 0 Å². The largest absolute Gasteiger partial charge is 0.548 e. The Morgan fingerprint density at radius 1 is 1.38 bits per heavy atom. The van der Waals surface area contributed by atoms with Crippen molar-refractivity contribution in [2.24, 2.45) is 0 Å². The van der Waals surface area contributed by atoms with Crippen LogP contribution in [0.25, 0.3) is 6.08 Å². The Labute approximate surface area is 152 Å². The van der Waals surface area contributed by atoms with Crippen LogP contribution in [-0.4, -0.2) is 30.3 Å². The first-order chi connectivity index (χ1) is 12.4. The summed E-state index contributed by atoms with van der Waals surface area (Å²) in [5, 5.41) is 14.7. The van der Waals surface area contributed by atoms with E-state index in [2.05, 4.69) is 5.32 Å². The second-order valence-corrected chi connectivity index (χ2v) is 6.49. The first kappa shape index (κ1) is 17.7. The van der Waals surface area contributed by atoms with E-state index >= 15 is 0 Å². The number of carboxylic acids is 1. The lowest BCUT2D eigenvalue weighted by molar-refractivity contribution is -0.307. The minimum atomic E-state index is -1.38. The number of rotatable bonds is 6. The number of fused-ring (bicyclic) bond motifs is 1. The molecule has 26 heavy (non-hydrogen) atoms. The molecule has 0 radical (unpaired) electrons. The highest BCUT2D eigenvalue weighted by Gasteiger charge is 2.27. The molecule has 0 saturated carbocycles. The molecular formula is C18H14NO6S-. The van der Waals surface area contributed by atoms with E-state index in [-0.39, 0.29) is 18.1 Å². The number of carboxylic acid groups (broad SMARTS) is 1. The number of allylic oxidation sites excluding steroid dienone is 1. The van der Waals surface area contributed by atoms with E-state index in [4.69, 9.17) is 9.47 Å². The molecule has 3 rings (SSSR count). The molecule has 0 unspecified atom stereocenters. The monoisotopic (exact) mass is 372 g/mol. The van der Waals surface area contributed by atoms with Crippen molar-refractivity contribution < 1.29 is 29.0 Å². The third-order valence-corrected chi connectivity index (χ3v) is 4.38. The molecule has 0 aliphatic carbocycles. The van der Waals surface area contributed by atoms with Gasteiger partial charge in [-0.2, -0.15) is 0 Å². The fourth-order valence-corrected chi connectivity index (χ4v) is 2.90. The number of ether oxygens (including phenoxy) is 2. The number of nitrogens with one attached hydrogen (secondary N) is 1. The highest BCUT2D eigenvalue weighted by molar-refractivity contribution is 7.10. The number of carbonyl (C=O) groups is 3. The van der Waals surface area contributed by atoms with Crippen LogP contribution in [0.2, 0.25) is 0 Å². The summed E-state index contributed by atoms with van der Waals surface area (Å²) in [6, 6.07) is 7.25. The number of hydrogen-bond acceptors (Lipinski definition) is 7. The minimum Gasteiger partial charge on any atom is -0.548 e. The summed E-state index contributed by atoms with van der Waals surface area (Å²) in [7, 11) is 0. The maximum absolute atomic E-state index is 12.3. The molecule has 1 atom stereocenters. The molecule has 2 heterocycles. The predicted molar refractivity (Wildman–Crippen MR) is 91.8 cm³/mol. The molecule has 8 heteroatoms. The van der Waals surface area contributed by atoms with E-state index in [1.54, 1.807) is 18.2 Å². The highest BCUT2D eigenvalue weighted by atomic mass is 32.1. The number of aliphatic carboxylic acids is 1. The quantitative estimate of drug-likeness (QED) is 0.759. The lowest BCUT2D eigenvalue weighted by atomic mass is 10.1. The van der Waals surface area contributed by atoms with Crippen molar-refractivity contribution in [1.82, 2.24) is 5.32 Å². The Morgan fingerprint density at radius 3 is 2.88 bits per heavy atom. The molecule has 134 valence electrons. The van der Waals surface area contributed by atoms with Crippen LogP contribution in [-0.2, 0) is 9.59 Å². The molecule has 1 aliphatic rings. The highest BCUT2D eigenvalue weighted by Crippen LogP contribution is 2.35. The van der Waals surface area contributed by atoms with E-state index in [1.165, 1.54) is 24.3 Å². The Bertz CT molecular complexity index is 887. The molecule has 2 aromatic rings. The number of hydrogen-bond donors (Lipinski definition) is 1. The van der Waals surface area contributed by atoms with Gasteiger partial charge >= 0.3 is 0 Å². The summed E-state index contributed by atoms with van der Waals surface area (Å²) in [6.45, 7) is 0.922.